The molecule has 10 rings (SSSR count). The van der Waals surface area contributed by atoms with E-state index in [9.17, 15) is 47.9 Å². The van der Waals surface area contributed by atoms with E-state index in [-0.39, 0.29) is 82.2 Å². The molecular formula is C106H192O16. The van der Waals surface area contributed by atoms with Crippen LogP contribution in [0.4, 0.5) is 0 Å². The number of allylic oxidation sites excluding steroid dienone is 4. The highest BCUT2D eigenvalue weighted by Crippen LogP contribution is 2.28. The van der Waals surface area contributed by atoms with E-state index in [0.717, 1.165) is 25.7 Å². The first-order valence-corrected chi connectivity index (χ1v) is 46.4. The van der Waals surface area contributed by atoms with E-state index >= 15 is 0 Å². The standard InChI is InChI=1S/2C10H14O2.4C10H12.C5H10O2.2C4H8O2.C3H6O2.2C3H6O.2C2H6O.10C2H6/c2*1-7(11)9-5-3-4-6-10(9)8(2)12;4*1-2-6-10-8-4-3-7-9(10)5-1;1-3-5(6)7-4-2;2*1-3-6-4(2)5;1-3(4)5-2;2*1-3(2)4;2*1-3-2;10*1-2/h3,5,9-10H,4,6H2,1-2H3;3-4,9-10H,5-6H2,1-2H3;4*1-2,5-6H,3-4,7-8H2;3-4H2,1-2H3;2*3H2,1-2H3;1-2H3;2*1-2H3;2*1-2H3;10*1-2H3. The summed E-state index contributed by atoms with van der Waals surface area (Å²) >= 11 is 0. The number of ketones is 6. The van der Waals surface area contributed by atoms with Crippen molar-refractivity contribution in [3.05, 3.63) is 166 Å². The molecule has 6 aliphatic carbocycles. The average Bonchev–Trinajstić information content (AvgIpc) is 0.877. The fourth-order valence-electron chi connectivity index (χ4n) is 10.8. The third kappa shape index (κ3) is 105. The number of carbonyl (C=O) groups excluding carboxylic acids is 10. The number of ether oxygens (including phenoxy) is 6. The zero-order valence-corrected chi connectivity index (χ0v) is 86.4. The molecule has 0 saturated heterocycles. The minimum absolute atomic E-state index is 0.0625. The van der Waals surface area contributed by atoms with Gasteiger partial charge >= 0.3 is 23.9 Å². The molecule has 0 heterocycles. The molecule has 4 aromatic rings. The van der Waals surface area contributed by atoms with Crippen LogP contribution < -0.4 is 0 Å². The van der Waals surface area contributed by atoms with Gasteiger partial charge in [0.25, 0.3) is 0 Å². The van der Waals surface area contributed by atoms with Crippen LogP contribution >= 0.6 is 0 Å². The SMILES string of the molecule is CC.CC.CC.CC.CC.CC.CC.CC.CC.CC.CC(=O)C1C=CCCC1C(C)=O.CC(=O)C1CC=CCC1C(C)=O.CC(C)=O.CC(C)=O.CCOC(=O)CC.CCOC(C)=O.CCOC(C)=O.COC.COC.COC(C)=O.c1ccc2c(c1)CCCC2.c1ccc2c(c1)CCCC2.c1ccc2c(c1)CCCC2.c1ccc2c(c1)CCCC2. The third-order valence-corrected chi connectivity index (χ3v) is 15.5. The quantitative estimate of drug-likeness (QED) is 0.0908. The third-order valence-electron chi connectivity index (χ3n) is 15.5. The summed E-state index contributed by atoms with van der Waals surface area (Å²) in [7, 11) is 7.85. The topological polar surface area (TPSA) is 226 Å². The Labute approximate surface area is 753 Å². The van der Waals surface area contributed by atoms with Crippen LogP contribution in [-0.4, -0.2) is 114 Å². The molecule has 0 bridgehead atoms. The summed E-state index contributed by atoms with van der Waals surface area (Å²) in [5.74, 6) is -0.281. The van der Waals surface area contributed by atoms with Gasteiger partial charge < -0.3 is 38.0 Å². The molecular weight excluding hydrogens is 1530 g/mol. The highest BCUT2D eigenvalue weighted by Gasteiger charge is 2.30. The first-order valence-electron chi connectivity index (χ1n) is 46.4. The number of benzene rings is 4. The van der Waals surface area contributed by atoms with Crippen LogP contribution in [0, 0.1) is 23.7 Å². The van der Waals surface area contributed by atoms with Crippen LogP contribution in [-0.2, 0) is 128 Å². The molecule has 0 aromatic heterocycles. The second-order valence-electron chi connectivity index (χ2n) is 25.0. The van der Waals surface area contributed by atoms with Crippen LogP contribution in [0.25, 0.3) is 0 Å². The maximum Gasteiger partial charge on any atom is 0.305 e. The lowest BCUT2D eigenvalue weighted by atomic mass is 9.79. The molecule has 122 heavy (non-hydrogen) atoms. The summed E-state index contributed by atoms with van der Waals surface area (Å²) in [6.45, 7) is 65.1. The van der Waals surface area contributed by atoms with Crippen LogP contribution in [0.5, 0.6) is 0 Å². The molecule has 0 amide bonds. The predicted octanol–water partition coefficient (Wildman–Crippen LogP) is 28.0. The van der Waals surface area contributed by atoms with Gasteiger partial charge in [0.1, 0.15) is 34.7 Å². The van der Waals surface area contributed by atoms with Gasteiger partial charge in [-0.15, -0.1) is 0 Å². The molecule has 4 atom stereocenters. The normalized spacial score (nSPS) is 13.7. The minimum Gasteiger partial charge on any atom is -0.469 e. The van der Waals surface area contributed by atoms with Crippen LogP contribution in [0.3, 0.4) is 0 Å². The van der Waals surface area contributed by atoms with Crippen molar-refractivity contribution in [3.63, 3.8) is 0 Å². The first kappa shape index (κ1) is 146. The highest BCUT2D eigenvalue weighted by atomic mass is 16.5. The lowest BCUT2D eigenvalue weighted by Crippen LogP contribution is -2.28. The first-order chi connectivity index (χ1) is 58.5. The van der Waals surface area contributed by atoms with E-state index in [2.05, 4.69) is 125 Å². The zero-order chi connectivity index (χ0) is 98.1. The summed E-state index contributed by atoms with van der Waals surface area (Å²) in [5, 5.41) is 0. The number of hydrogen-bond donors (Lipinski definition) is 0. The van der Waals surface area contributed by atoms with Gasteiger partial charge in [0.05, 0.1) is 26.9 Å². The van der Waals surface area contributed by atoms with Crippen LogP contribution in [0.2, 0.25) is 0 Å². The van der Waals surface area contributed by atoms with Crippen molar-refractivity contribution >= 4 is 58.6 Å². The number of methoxy groups -OCH3 is 3. The van der Waals surface area contributed by atoms with Crippen molar-refractivity contribution < 1.29 is 76.4 Å². The zero-order valence-electron chi connectivity index (χ0n) is 86.4. The fraction of sp³-hybridized carbons (Fsp3) is 0.642. The summed E-state index contributed by atoms with van der Waals surface area (Å²) < 4.78 is 26.0. The molecule has 0 spiro atoms. The summed E-state index contributed by atoms with van der Waals surface area (Å²) in [4.78, 5) is 103. The second kappa shape index (κ2) is 122. The van der Waals surface area contributed by atoms with Gasteiger partial charge in [-0.3, -0.25) is 38.4 Å². The van der Waals surface area contributed by atoms with Gasteiger partial charge in [-0.25, -0.2) is 0 Å². The van der Waals surface area contributed by atoms with Gasteiger partial charge in [0.15, 0.2) is 0 Å². The Morgan fingerprint density at radius 1 is 0.287 bits per heavy atom. The molecule has 0 N–H and O–H groups in total. The molecule has 16 heteroatoms. The van der Waals surface area contributed by atoms with Crippen LogP contribution in [0.1, 0.15) is 370 Å². The molecule has 0 radical (unpaired) electrons. The average molecular weight is 1720 g/mol. The number of Topliss-reactive ketones (excluding diaryl/α,β-unsaturated/α-hetero) is 6. The molecule has 0 saturated carbocycles. The molecule has 0 fully saturated rings. The molecule has 712 valence electrons. The number of fused-ring (bicyclic) bond motifs is 4. The molecule has 16 nitrogen and oxygen atoms in total. The van der Waals surface area contributed by atoms with Crippen molar-refractivity contribution in [2.45, 2.75) is 377 Å². The number of aryl methyl sites for hydroxylation is 8. The minimum atomic E-state index is -0.245. The smallest absolute Gasteiger partial charge is 0.305 e. The number of hydrogen-bond acceptors (Lipinski definition) is 16. The second-order valence-corrected chi connectivity index (χ2v) is 25.0. The Morgan fingerprint density at radius 2 is 0.475 bits per heavy atom. The van der Waals surface area contributed by atoms with Crippen molar-refractivity contribution in [1.82, 2.24) is 0 Å². The Hall–Kier alpha value is -7.82. The van der Waals surface area contributed by atoms with Gasteiger partial charge in [-0.05, 0) is 249 Å². The molecule has 0 aliphatic heterocycles. The van der Waals surface area contributed by atoms with E-state index in [4.69, 9.17) is 0 Å². The maximum absolute atomic E-state index is 11.1. The fourth-order valence-corrected chi connectivity index (χ4v) is 10.8. The largest absolute Gasteiger partial charge is 0.469 e. The van der Waals surface area contributed by atoms with Crippen molar-refractivity contribution in [1.29, 1.82) is 0 Å². The van der Waals surface area contributed by atoms with E-state index in [1.54, 1.807) is 128 Å². The van der Waals surface area contributed by atoms with E-state index in [1.807, 2.05) is 163 Å². The Bertz CT molecular complexity index is 2610. The van der Waals surface area contributed by atoms with Gasteiger partial charge in [-0.2, -0.15) is 0 Å². The van der Waals surface area contributed by atoms with Crippen LogP contribution in [0.15, 0.2) is 121 Å². The molecule has 6 aliphatic rings. The van der Waals surface area contributed by atoms with E-state index < -0.39 is 0 Å². The maximum atomic E-state index is 11.1. The summed E-state index contributed by atoms with van der Waals surface area (Å²) in [6.07, 6.45) is 33.1. The van der Waals surface area contributed by atoms with Crippen molar-refractivity contribution in [3.8, 4) is 0 Å². The molecule has 4 aromatic carbocycles. The Balaban J connectivity index is -0.0000000856. The predicted molar refractivity (Wildman–Crippen MR) is 527 cm³/mol. The van der Waals surface area contributed by atoms with Gasteiger partial charge in [0, 0.05) is 79.3 Å². The number of rotatable bonds is 8. The number of esters is 4. The Kier molecular flexibility index (Phi) is 145. The van der Waals surface area contributed by atoms with Gasteiger partial charge in [-0.1, -0.05) is 267 Å². The molecule has 4 unspecified atom stereocenters. The van der Waals surface area contributed by atoms with E-state index in [1.165, 1.54) is 158 Å². The van der Waals surface area contributed by atoms with Crippen molar-refractivity contribution in [2.24, 2.45) is 23.7 Å². The Morgan fingerprint density at radius 3 is 0.590 bits per heavy atom. The lowest BCUT2D eigenvalue weighted by molar-refractivity contribution is -0.143. The number of carbonyl (C=O) groups is 10. The van der Waals surface area contributed by atoms with E-state index in [0.29, 0.717) is 26.2 Å². The lowest BCUT2D eigenvalue weighted by Gasteiger charge is -2.23. The van der Waals surface area contributed by atoms with Crippen molar-refractivity contribution in [2.75, 3.05) is 55.4 Å². The summed E-state index contributed by atoms with van der Waals surface area (Å²) in [5.41, 5.74) is 12.6. The highest BCUT2D eigenvalue weighted by molar-refractivity contribution is 5.89. The van der Waals surface area contributed by atoms with Gasteiger partial charge in [0.2, 0.25) is 0 Å². The monoisotopic (exact) mass is 1720 g/mol. The summed E-state index contributed by atoms with van der Waals surface area (Å²) in [6, 6.07) is 35.2.